The first-order valence-corrected chi connectivity index (χ1v) is 33.7. The molecule has 96 heavy (non-hydrogen) atoms. The fourth-order valence-corrected chi connectivity index (χ4v) is 11.8. The van der Waals surface area contributed by atoms with Crippen molar-refractivity contribution < 1.29 is 136 Å². The summed E-state index contributed by atoms with van der Waals surface area (Å²) < 4.78 is 68.3. The average molecular weight is 1400 g/mol. The Bertz CT molecular complexity index is 2520. The van der Waals surface area contributed by atoms with E-state index in [-0.39, 0.29) is 110 Å². The topological polar surface area (TPSA) is 519 Å². The van der Waals surface area contributed by atoms with Gasteiger partial charge in [0.15, 0.2) is 18.9 Å². The number of amides is 7. The van der Waals surface area contributed by atoms with E-state index in [1.165, 1.54) is 25.7 Å². The molecule has 3 heterocycles. The van der Waals surface area contributed by atoms with E-state index in [0.29, 0.717) is 36.8 Å². The van der Waals surface area contributed by atoms with E-state index in [1.807, 2.05) is 0 Å². The molecule has 1 aromatic rings. The Morgan fingerprint density at radius 3 is 1.27 bits per heavy atom. The van der Waals surface area contributed by atoms with Crippen molar-refractivity contribution in [3.05, 3.63) is 35.4 Å². The first-order valence-electron chi connectivity index (χ1n) is 32.0. The van der Waals surface area contributed by atoms with Gasteiger partial charge in [0.25, 0.3) is 0 Å². The van der Waals surface area contributed by atoms with Gasteiger partial charge in [-0.05, 0) is 43.2 Å². The number of benzene rings is 1. The zero-order chi connectivity index (χ0) is 70.5. The molecule has 1 aromatic carbocycles. The second kappa shape index (κ2) is 42.1. The highest BCUT2D eigenvalue weighted by Gasteiger charge is 2.48. The second-order valence-electron chi connectivity index (χ2n) is 23.4. The summed E-state index contributed by atoms with van der Waals surface area (Å²) in [6.45, 7) is 0.941. The van der Waals surface area contributed by atoms with Crippen LogP contribution in [0.5, 0.6) is 0 Å². The summed E-state index contributed by atoms with van der Waals surface area (Å²) in [5.74, 6) is -4.10. The number of carbonyl (C=O) groups excluding carboxylic acids is 7. The fourth-order valence-electron chi connectivity index (χ4n) is 10.9. The van der Waals surface area contributed by atoms with E-state index in [9.17, 15) is 89.0 Å². The highest BCUT2D eigenvalue weighted by Crippen LogP contribution is 2.45. The molecule has 36 nitrogen and oxygen atoms in total. The van der Waals surface area contributed by atoms with Crippen LogP contribution in [-0.4, -0.2) is 319 Å². The minimum atomic E-state index is -3.70. The maximum Gasteiger partial charge on any atom is 0.328 e. The van der Waals surface area contributed by atoms with Crippen LogP contribution in [0, 0.1) is 5.92 Å². The van der Waals surface area contributed by atoms with Crippen LogP contribution >= 0.6 is 7.60 Å². The van der Waals surface area contributed by atoms with Gasteiger partial charge in [0.05, 0.1) is 105 Å². The Morgan fingerprint density at radius 2 is 0.906 bits per heavy atom. The highest BCUT2D eigenvalue weighted by atomic mass is 31.2. The maximum absolute atomic E-state index is 14.5. The summed E-state index contributed by atoms with van der Waals surface area (Å²) >= 11 is 0. The van der Waals surface area contributed by atoms with Gasteiger partial charge in [0, 0.05) is 59.0 Å². The third-order valence-electron chi connectivity index (χ3n) is 16.1. The van der Waals surface area contributed by atoms with E-state index in [1.54, 1.807) is 31.2 Å². The lowest BCUT2D eigenvalue weighted by molar-refractivity contribution is -0.272. The van der Waals surface area contributed by atoms with E-state index in [0.717, 1.165) is 0 Å². The molecule has 7 amide bonds. The second-order valence-corrected chi connectivity index (χ2v) is 25.5. The van der Waals surface area contributed by atoms with E-state index in [4.69, 9.17) is 47.2 Å². The molecule has 17 N–H and O–H groups in total. The van der Waals surface area contributed by atoms with Crippen LogP contribution in [0.25, 0.3) is 0 Å². The minimum absolute atomic E-state index is 0.0194. The summed E-state index contributed by atoms with van der Waals surface area (Å²) in [5, 5.41) is 110. The maximum atomic E-state index is 14.5. The van der Waals surface area contributed by atoms with Crippen molar-refractivity contribution in [3.63, 3.8) is 0 Å². The highest BCUT2D eigenvalue weighted by molar-refractivity contribution is 7.52. The van der Waals surface area contributed by atoms with Crippen LogP contribution in [0.3, 0.4) is 0 Å². The molecule has 5 rings (SSSR count). The number of nitrogens with zero attached hydrogens (tertiary/aromatic N) is 1. The molecule has 1 saturated carbocycles. The molecule has 1 aliphatic carbocycles. The van der Waals surface area contributed by atoms with Gasteiger partial charge in [-0.15, -0.1) is 0 Å². The minimum Gasteiger partial charge on any atom is -0.394 e. The molecule has 4 fully saturated rings. The van der Waals surface area contributed by atoms with Crippen LogP contribution in [0.15, 0.2) is 24.3 Å². The average Bonchev–Trinajstić information content (AvgIpc) is 0.828. The van der Waals surface area contributed by atoms with Gasteiger partial charge < -0.3 is 135 Å². The van der Waals surface area contributed by atoms with Gasteiger partial charge in [-0.1, -0.05) is 31.2 Å². The van der Waals surface area contributed by atoms with Crippen LogP contribution in [0.2, 0.25) is 0 Å². The Hall–Kier alpha value is -5.10. The molecule has 0 aromatic heterocycles. The number of aliphatic hydroxyl groups is 9. The van der Waals surface area contributed by atoms with E-state index >= 15 is 0 Å². The van der Waals surface area contributed by atoms with E-state index < -0.39 is 180 Å². The molecule has 3 aliphatic heterocycles. The van der Waals surface area contributed by atoms with Crippen LogP contribution < -0.4 is 37.2 Å². The first kappa shape index (κ1) is 81.6. The molecule has 17 unspecified atom stereocenters. The van der Waals surface area contributed by atoms with Gasteiger partial charge in [-0.3, -0.25) is 43.0 Å². The van der Waals surface area contributed by atoms with Gasteiger partial charge in [-0.25, -0.2) is 0 Å². The first-order chi connectivity index (χ1) is 45.8. The molecule has 0 radical (unpaired) electrons. The number of nitrogens with one attached hydrogen (secondary N) is 7. The largest absolute Gasteiger partial charge is 0.394 e. The van der Waals surface area contributed by atoms with Crippen molar-refractivity contribution in [2.45, 2.75) is 170 Å². The third kappa shape index (κ3) is 26.9. The summed E-state index contributed by atoms with van der Waals surface area (Å²) in [5.41, 5.74) is 1.28. The molecular formula is C59H99N8O28P. The smallest absolute Gasteiger partial charge is 0.328 e. The molecule has 0 bridgehead atoms. The Kier molecular flexibility index (Phi) is 35.8. The Balaban J connectivity index is 1.25. The van der Waals surface area contributed by atoms with Gasteiger partial charge in [0.2, 0.25) is 41.4 Å². The van der Waals surface area contributed by atoms with Crippen LogP contribution in [-0.2, 0) is 98.2 Å². The van der Waals surface area contributed by atoms with E-state index in [2.05, 4.69) is 37.2 Å². The molecule has 3 saturated heterocycles. The van der Waals surface area contributed by atoms with Crippen molar-refractivity contribution in [1.29, 1.82) is 0 Å². The zero-order valence-electron chi connectivity index (χ0n) is 54.4. The van der Waals surface area contributed by atoms with Crippen LogP contribution in [0.1, 0.15) is 64.5 Å². The molecule has 17 atom stereocenters. The summed E-state index contributed by atoms with van der Waals surface area (Å²) in [7, 11) is -3.70. The quantitative estimate of drug-likeness (QED) is 0.0214. The van der Waals surface area contributed by atoms with Crippen molar-refractivity contribution in [2.24, 2.45) is 5.92 Å². The van der Waals surface area contributed by atoms with Gasteiger partial charge in [-0.2, -0.15) is 0 Å². The standard InChI is InChI=1S/C59H99N8O28P/c1-5-96(84,85)95-39-12-10-38(11-13-39)55(82)63-27-37-8-6-36(7-9-37)26-40(56(83)62-16-19-88-22-25-91-59-48(66-35(4)73)54(81)51(78)43(32-70)94-59)67(28-44(74)60-14-17-86-20-23-89-57-46(64-33(2)71)52(79)49(76)41(30-68)92-57)29-45(75)61-15-18-87-21-24-90-58-47(65-34(3)72)53(80)50(77)42(31-69)93-58/h6-9,38-43,46-54,57-59,68-70,76-81H,5,10-32H2,1-4H3,(H,60,74)(H,61,75)(H,62,83)(H,63,82)(H,64,71)(H,65,72)(H,66,73)(H,84,85). The number of carbonyl (C=O) groups is 7. The number of hydrogen-bond donors (Lipinski definition) is 17. The molecule has 548 valence electrons. The molecule has 4 aliphatic rings. The summed E-state index contributed by atoms with van der Waals surface area (Å²) in [6, 6.07) is 2.10. The normalized spacial score (nSPS) is 29.3. The molecule has 37 heteroatoms. The van der Waals surface area contributed by atoms with Gasteiger partial charge >= 0.3 is 7.60 Å². The zero-order valence-corrected chi connectivity index (χ0v) is 55.3. The van der Waals surface area contributed by atoms with Crippen molar-refractivity contribution in [3.8, 4) is 0 Å². The number of hydrogen-bond acceptors (Lipinski definition) is 28. The fraction of sp³-hybridized carbons (Fsp3) is 0.780. The lowest BCUT2D eigenvalue weighted by atomic mass is 9.87. The molecule has 0 spiro atoms. The third-order valence-corrected chi connectivity index (χ3v) is 17.5. The number of aliphatic hydroxyl groups excluding tert-OH is 9. The Morgan fingerprint density at radius 1 is 0.531 bits per heavy atom. The monoisotopic (exact) mass is 1400 g/mol. The predicted molar refractivity (Wildman–Crippen MR) is 330 cm³/mol. The summed E-state index contributed by atoms with van der Waals surface area (Å²) in [4.78, 5) is 102. The lowest BCUT2D eigenvalue weighted by Gasteiger charge is -2.42. The SMILES string of the molecule is CCP(=O)(O)OC1CCC(C(=O)NCc2ccc(CC(C(=O)NCCOCCOC3OC(CO)C(O)C(O)C3NC(C)=O)N(CC(=O)NCCOCCOC3OC(CO)C(O)C(O)C3NC(C)=O)CC(=O)NCCOCCOC3OC(CO)C(O)C(O)C3NC(C)=O)cc2)CC1. The predicted octanol–water partition coefficient (Wildman–Crippen LogP) is -7.42. The van der Waals surface area contributed by atoms with Crippen molar-refractivity contribution in [1.82, 2.24) is 42.1 Å². The molecular weight excluding hydrogens is 1300 g/mol. The van der Waals surface area contributed by atoms with Gasteiger partial charge in [0.1, 0.15) is 73.1 Å². The Labute approximate surface area is 555 Å². The van der Waals surface area contributed by atoms with Crippen LogP contribution in [0.4, 0.5) is 0 Å². The lowest BCUT2D eigenvalue weighted by Crippen LogP contribution is -2.64. The summed E-state index contributed by atoms with van der Waals surface area (Å²) in [6.07, 6.45) is -15.4. The number of rotatable bonds is 41. The van der Waals surface area contributed by atoms with Crippen molar-refractivity contribution >= 4 is 48.9 Å². The van der Waals surface area contributed by atoms with Crippen molar-refractivity contribution in [2.75, 3.05) is 118 Å². The number of ether oxygens (including phenoxy) is 9.